The summed E-state index contributed by atoms with van der Waals surface area (Å²) in [6, 6.07) is 0. The molecule has 38 heavy (non-hydrogen) atoms. The lowest BCUT2D eigenvalue weighted by molar-refractivity contribution is -0.162. The van der Waals surface area contributed by atoms with Crippen LogP contribution in [-0.4, -0.2) is 53.8 Å². The van der Waals surface area contributed by atoms with Gasteiger partial charge >= 0.3 is 0 Å². The molecule has 6 rings (SSSR count). The number of aliphatic hydroxyl groups is 1. The van der Waals surface area contributed by atoms with Crippen molar-refractivity contribution in [2.45, 2.75) is 39.7 Å². The van der Waals surface area contributed by atoms with Crippen molar-refractivity contribution in [3.05, 3.63) is 58.6 Å². The minimum Gasteiger partial charge on any atom is -0.493 e. The van der Waals surface area contributed by atoms with E-state index in [0.717, 1.165) is 0 Å². The number of methoxy groups -OCH3 is 2. The summed E-state index contributed by atoms with van der Waals surface area (Å²) in [5, 5.41) is 12.6. The van der Waals surface area contributed by atoms with Gasteiger partial charge in [-0.2, -0.15) is 0 Å². The van der Waals surface area contributed by atoms with E-state index in [9.17, 15) is 29.1 Å². The molecule has 8 nitrogen and oxygen atoms in total. The zero-order chi connectivity index (χ0) is 27.7. The molecule has 0 saturated heterocycles. The highest BCUT2D eigenvalue weighted by atomic mass is 16.5. The molecule has 0 aromatic rings. The van der Waals surface area contributed by atoms with Crippen LogP contribution in [0, 0.1) is 39.9 Å². The SMILES string of the molecule is C/C=C/C=C/[C@]1(O)C2[C@@H]3C(=O)C(C)=C(OC)C(=O)[C@@]34CC(=O)C3=C[C@@H]1C(C)[C@@]21C(=O)C(OC)=C(C)C(=O)[C@]314. The number of ketones is 5. The van der Waals surface area contributed by atoms with Crippen molar-refractivity contribution in [3.63, 3.8) is 0 Å². The topological polar surface area (TPSA) is 124 Å². The number of ether oxygens (including phenoxy) is 2. The first-order chi connectivity index (χ1) is 17.9. The van der Waals surface area contributed by atoms with Crippen LogP contribution in [0.4, 0.5) is 0 Å². The molecule has 0 aromatic carbocycles. The fourth-order valence-electron chi connectivity index (χ4n) is 9.75. The van der Waals surface area contributed by atoms with Gasteiger partial charge < -0.3 is 14.6 Å². The van der Waals surface area contributed by atoms with E-state index in [0.29, 0.717) is 0 Å². The number of carbonyl (C=O) groups excluding carboxylic acids is 5. The Morgan fingerprint density at radius 2 is 1.58 bits per heavy atom. The van der Waals surface area contributed by atoms with Crippen molar-refractivity contribution >= 4 is 28.9 Å². The minimum absolute atomic E-state index is 0.0125. The number of hydrogen-bond donors (Lipinski definition) is 1. The maximum atomic E-state index is 14.7. The van der Waals surface area contributed by atoms with Gasteiger partial charge in [-0.1, -0.05) is 37.3 Å². The summed E-state index contributed by atoms with van der Waals surface area (Å²) >= 11 is 0. The molecule has 8 heteroatoms. The third-order valence-corrected chi connectivity index (χ3v) is 10.7. The summed E-state index contributed by atoms with van der Waals surface area (Å²) in [4.78, 5) is 72.2. The quantitative estimate of drug-likeness (QED) is 0.563. The van der Waals surface area contributed by atoms with E-state index in [1.165, 1.54) is 28.1 Å². The summed E-state index contributed by atoms with van der Waals surface area (Å²) in [7, 11) is 2.57. The lowest BCUT2D eigenvalue weighted by Gasteiger charge is -2.55. The molecule has 0 amide bonds. The highest BCUT2D eigenvalue weighted by Crippen LogP contribution is 2.88. The second-order valence-corrected chi connectivity index (χ2v) is 11.5. The number of fused-ring (bicyclic) bond motifs is 2. The highest BCUT2D eigenvalue weighted by molar-refractivity contribution is 6.31. The Kier molecular flexibility index (Phi) is 4.70. The molecule has 3 fully saturated rings. The molecule has 0 radical (unpaired) electrons. The van der Waals surface area contributed by atoms with Gasteiger partial charge in [0, 0.05) is 40.9 Å². The lowest BCUT2D eigenvalue weighted by atomic mass is 9.42. The van der Waals surface area contributed by atoms with Gasteiger partial charge in [-0.3, -0.25) is 24.0 Å². The number of hydrogen-bond acceptors (Lipinski definition) is 8. The van der Waals surface area contributed by atoms with Gasteiger partial charge in [-0.15, -0.1) is 0 Å². The molecule has 2 unspecified atom stereocenters. The Morgan fingerprint density at radius 3 is 2.18 bits per heavy atom. The molecule has 6 aliphatic rings. The predicted molar refractivity (Wildman–Crippen MR) is 133 cm³/mol. The van der Waals surface area contributed by atoms with E-state index in [4.69, 9.17) is 9.47 Å². The van der Waals surface area contributed by atoms with Crippen LogP contribution in [0.2, 0.25) is 0 Å². The zero-order valence-electron chi connectivity index (χ0n) is 22.2. The molecule has 2 bridgehead atoms. The van der Waals surface area contributed by atoms with Gasteiger partial charge in [0.15, 0.2) is 28.9 Å². The zero-order valence-corrected chi connectivity index (χ0v) is 22.2. The Bertz CT molecular complexity index is 1450. The fraction of sp³-hybridized carbons (Fsp3) is 0.500. The van der Waals surface area contributed by atoms with E-state index in [1.807, 2.05) is 6.92 Å². The minimum atomic E-state index is -1.94. The molecule has 0 heterocycles. The van der Waals surface area contributed by atoms with E-state index in [-0.39, 0.29) is 28.2 Å². The molecule has 6 aliphatic carbocycles. The number of Topliss-reactive ketones (excluding diaryl/α,β-unsaturated/α-hetero) is 5. The van der Waals surface area contributed by atoms with Gasteiger partial charge in [0.2, 0.25) is 11.6 Å². The van der Waals surface area contributed by atoms with Gasteiger partial charge in [-0.05, 0) is 26.7 Å². The summed E-state index contributed by atoms with van der Waals surface area (Å²) in [6.45, 7) is 6.52. The van der Waals surface area contributed by atoms with E-state index in [1.54, 1.807) is 37.3 Å². The standard InChI is InChI=1S/C30H30O8/c1-7-8-9-10-28(36)16-11-17-18(31)12-27-19(20(32)13(2)21(37-5)25(27)34)23(28)29(15(16)4)26(35)22(38-6)14(3)24(33)30(17,27)29/h7-11,15-16,19,23,36H,12H2,1-6H3/b8-7+,10-9+/t15?,16-,19+,23?,27-,28-,29+,30+/m1/s1. The first kappa shape index (κ1) is 24.9. The third kappa shape index (κ3) is 2.00. The second kappa shape index (κ2) is 7.17. The van der Waals surface area contributed by atoms with Crippen LogP contribution in [0.3, 0.4) is 0 Å². The maximum absolute atomic E-state index is 14.7. The lowest BCUT2D eigenvalue weighted by Crippen LogP contribution is -2.65. The van der Waals surface area contributed by atoms with Crippen molar-refractivity contribution in [1.29, 1.82) is 0 Å². The van der Waals surface area contributed by atoms with Crippen LogP contribution in [0.25, 0.3) is 0 Å². The van der Waals surface area contributed by atoms with Crippen molar-refractivity contribution < 1.29 is 38.6 Å². The summed E-state index contributed by atoms with van der Waals surface area (Å²) in [5.74, 6) is -6.91. The van der Waals surface area contributed by atoms with Crippen LogP contribution < -0.4 is 0 Å². The molecule has 0 aromatic heterocycles. The summed E-state index contributed by atoms with van der Waals surface area (Å²) in [5.41, 5.74) is -7.24. The fourth-order valence-corrected chi connectivity index (χ4v) is 9.75. The van der Waals surface area contributed by atoms with Gasteiger partial charge in [0.05, 0.1) is 36.1 Å². The Hall–Kier alpha value is -3.39. The molecule has 3 saturated carbocycles. The van der Waals surface area contributed by atoms with Gasteiger partial charge in [-0.25, -0.2) is 0 Å². The van der Waals surface area contributed by atoms with E-state index < -0.39 is 80.9 Å². The van der Waals surface area contributed by atoms with Crippen molar-refractivity contribution in [2.75, 3.05) is 14.2 Å². The van der Waals surface area contributed by atoms with Gasteiger partial charge in [0.25, 0.3) is 0 Å². The number of carbonyl (C=O) groups is 5. The molecule has 198 valence electrons. The number of allylic oxidation sites excluding steroid dienone is 8. The molecule has 0 aliphatic heterocycles. The maximum Gasteiger partial charge on any atom is 0.206 e. The summed E-state index contributed by atoms with van der Waals surface area (Å²) < 4.78 is 10.9. The van der Waals surface area contributed by atoms with Crippen molar-refractivity contribution in [1.82, 2.24) is 0 Å². The average Bonchev–Trinajstić information content (AvgIpc) is 3.34. The van der Waals surface area contributed by atoms with Crippen LogP contribution in [0.15, 0.2) is 58.6 Å². The highest BCUT2D eigenvalue weighted by Gasteiger charge is 2.96. The predicted octanol–water partition coefficient (Wildman–Crippen LogP) is 2.38. The molecule has 1 N–H and O–H groups in total. The van der Waals surface area contributed by atoms with Gasteiger partial charge in [0.1, 0.15) is 0 Å². The van der Waals surface area contributed by atoms with Crippen LogP contribution in [-0.2, 0) is 33.4 Å². The third-order valence-electron chi connectivity index (χ3n) is 10.7. The Balaban J connectivity index is 1.86. The van der Waals surface area contributed by atoms with Crippen LogP contribution in [0.1, 0.15) is 34.1 Å². The first-order valence-electron chi connectivity index (χ1n) is 12.9. The molecule has 3 spiro atoms. The number of rotatable bonds is 4. The van der Waals surface area contributed by atoms with Crippen LogP contribution >= 0.6 is 0 Å². The first-order valence-corrected chi connectivity index (χ1v) is 12.9. The summed E-state index contributed by atoms with van der Waals surface area (Å²) in [6.07, 6.45) is 7.89. The molecular formula is C30H30O8. The smallest absolute Gasteiger partial charge is 0.206 e. The van der Waals surface area contributed by atoms with E-state index >= 15 is 0 Å². The second-order valence-electron chi connectivity index (χ2n) is 11.5. The average molecular weight is 519 g/mol. The van der Waals surface area contributed by atoms with Crippen LogP contribution in [0.5, 0.6) is 0 Å². The van der Waals surface area contributed by atoms with E-state index in [2.05, 4.69) is 0 Å². The molecular weight excluding hydrogens is 488 g/mol. The largest absolute Gasteiger partial charge is 0.493 e. The normalized spacial score (nSPS) is 45.0. The van der Waals surface area contributed by atoms with Crippen molar-refractivity contribution in [2.24, 2.45) is 39.9 Å². The molecule has 8 atom stereocenters. The monoisotopic (exact) mass is 518 g/mol. The Morgan fingerprint density at radius 1 is 0.947 bits per heavy atom. The Labute approximate surface area is 220 Å². The van der Waals surface area contributed by atoms with Crippen molar-refractivity contribution in [3.8, 4) is 0 Å².